The maximum absolute atomic E-state index is 12.6. The summed E-state index contributed by atoms with van der Waals surface area (Å²) in [4.78, 5) is 0.817. The van der Waals surface area contributed by atoms with Gasteiger partial charge in [0.25, 0.3) is 0 Å². The molecule has 2 aromatic carbocycles. The van der Waals surface area contributed by atoms with Crippen molar-refractivity contribution in [1.82, 2.24) is 0 Å². The summed E-state index contributed by atoms with van der Waals surface area (Å²) in [6, 6.07) is 15.1. The Hall–Kier alpha value is -1.65. The lowest BCUT2D eigenvalue weighted by Crippen LogP contribution is -2.27. The van der Waals surface area contributed by atoms with Gasteiger partial charge in [-0.2, -0.15) is 0 Å². The van der Waals surface area contributed by atoms with Crippen LogP contribution in [0, 0.1) is 6.92 Å². The van der Waals surface area contributed by atoms with Gasteiger partial charge in [0.1, 0.15) is 5.75 Å². The van der Waals surface area contributed by atoms with Gasteiger partial charge in [0.2, 0.25) is 0 Å². The van der Waals surface area contributed by atoms with Gasteiger partial charge in [-0.15, -0.1) is 0 Å². The molecule has 0 bridgehead atoms. The Morgan fingerprint density at radius 1 is 1.05 bits per heavy atom. The Kier molecular flexibility index (Phi) is 5.15. The Bertz CT molecular complexity index is 608. The Labute approximate surface area is 128 Å². The summed E-state index contributed by atoms with van der Waals surface area (Å²) in [5.41, 5.74) is 8.38. The smallest absolute Gasteiger partial charge is 0.118 e. The van der Waals surface area contributed by atoms with Gasteiger partial charge in [0, 0.05) is 10.9 Å². The first-order chi connectivity index (χ1) is 10.0. The van der Waals surface area contributed by atoms with Crippen LogP contribution in [0.25, 0.3) is 0 Å². The molecule has 0 aliphatic carbocycles. The van der Waals surface area contributed by atoms with E-state index in [2.05, 4.69) is 0 Å². The highest BCUT2D eigenvalue weighted by Gasteiger charge is 2.22. The molecule has 2 N–H and O–H groups in total. The molecule has 0 saturated heterocycles. The Balaban J connectivity index is 2.15. The minimum Gasteiger partial charge on any atom is -0.497 e. The summed E-state index contributed by atoms with van der Waals surface area (Å²) in [5.74, 6) is 0.790. The zero-order chi connectivity index (χ0) is 15.4. The predicted octanol–water partition coefficient (Wildman–Crippen LogP) is 3.20. The summed E-state index contributed by atoms with van der Waals surface area (Å²) in [5, 5.41) is -0.166. The van der Waals surface area contributed by atoms with Gasteiger partial charge in [-0.3, -0.25) is 4.21 Å². The molecule has 0 aliphatic rings. The highest BCUT2D eigenvalue weighted by molar-refractivity contribution is 7.85. The van der Waals surface area contributed by atoms with Crippen LogP contribution in [0.4, 0.5) is 0 Å². The average Bonchev–Trinajstić information content (AvgIpc) is 2.53. The summed E-state index contributed by atoms with van der Waals surface area (Å²) >= 11 is 0. The number of aryl methyl sites for hydroxylation is 1. The lowest BCUT2D eigenvalue weighted by molar-refractivity contribution is 0.414. The molecule has 4 heteroatoms. The number of rotatable bonds is 5. The van der Waals surface area contributed by atoms with E-state index < -0.39 is 10.8 Å². The highest BCUT2D eigenvalue weighted by atomic mass is 32.2. The molecule has 21 heavy (non-hydrogen) atoms. The monoisotopic (exact) mass is 303 g/mol. The molecule has 2 aromatic rings. The van der Waals surface area contributed by atoms with Crippen molar-refractivity contribution in [1.29, 1.82) is 0 Å². The van der Waals surface area contributed by atoms with Gasteiger partial charge in [-0.05, 0) is 43.7 Å². The van der Waals surface area contributed by atoms with E-state index in [1.807, 2.05) is 62.4 Å². The summed E-state index contributed by atoms with van der Waals surface area (Å²) in [7, 11) is 0.499. The van der Waals surface area contributed by atoms with Crippen molar-refractivity contribution in [3.05, 3.63) is 59.7 Å². The third-order valence-corrected chi connectivity index (χ3v) is 5.30. The molecule has 0 aliphatic heterocycles. The molecule has 0 aromatic heterocycles. The highest BCUT2D eigenvalue weighted by Crippen LogP contribution is 2.24. The topological polar surface area (TPSA) is 52.3 Å². The second-order valence-electron chi connectivity index (χ2n) is 5.11. The maximum Gasteiger partial charge on any atom is 0.118 e. The number of nitrogens with two attached hydrogens (primary N) is 1. The van der Waals surface area contributed by atoms with Crippen LogP contribution in [-0.2, 0) is 10.8 Å². The van der Waals surface area contributed by atoms with Crippen LogP contribution in [0.15, 0.2) is 53.4 Å². The van der Waals surface area contributed by atoms with E-state index in [-0.39, 0.29) is 11.3 Å². The van der Waals surface area contributed by atoms with Gasteiger partial charge in [0.15, 0.2) is 0 Å². The van der Waals surface area contributed by atoms with Gasteiger partial charge in [-0.25, -0.2) is 0 Å². The van der Waals surface area contributed by atoms with Crippen LogP contribution >= 0.6 is 0 Å². The maximum atomic E-state index is 12.6. The molecule has 0 heterocycles. The van der Waals surface area contributed by atoms with Crippen molar-refractivity contribution < 1.29 is 8.95 Å². The van der Waals surface area contributed by atoms with E-state index in [1.165, 1.54) is 0 Å². The van der Waals surface area contributed by atoms with Crippen molar-refractivity contribution in [2.75, 3.05) is 7.11 Å². The molecule has 0 fully saturated rings. The molecule has 2 rings (SSSR count). The molecule has 3 atom stereocenters. The molecule has 0 spiro atoms. The van der Waals surface area contributed by atoms with Crippen LogP contribution in [0.1, 0.15) is 24.1 Å². The molecule has 112 valence electrons. The van der Waals surface area contributed by atoms with Crippen molar-refractivity contribution in [2.24, 2.45) is 5.73 Å². The lowest BCUT2D eigenvalue weighted by atomic mass is 10.1. The number of benzene rings is 2. The molecule has 3 nitrogen and oxygen atoms in total. The van der Waals surface area contributed by atoms with Crippen molar-refractivity contribution in [3.8, 4) is 5.75 Å². The van der Waals surface area contributed by atoms with Crippen LogP contribution in [0.5, 0.6) is 5.75 Å². The van der Waals surface area contributed by atoms with Crippen molar-refractivity contribution in [2.45, 2.75) is 30.0 Å². The van der Waals surface area contributed by atoms with Crippen molar-refractivity contribution in [3.63, 3.8) is 0 Å². The second-order valence-corrected chi connectivity index (χ2v) is 6.92. The number of hydrogen-bond acceptors (Lipinski definition) is 3. The quantitative estimate of drug-likeness (QED) is 0.923. The zero-order valence-electron chi connectivity index (χ0n) is 12.6. The molecule has 0 radical (unpaired) electrons. The minimum absolute atomic E-state index is 0.166. The standard InChI is InChI=1S/C17H21NO2S/c1-12-4-10-16(11-5-12)21(19)13(2)17(18)14-6-8-15(20-3)9-7-14/h4-11,13,17H,18H2,1-3H3. The van der Waals surface area contributed by atoms with Crippen LogP contribution in [-0.4, -0.2) is 16.6 Å². The van der Waals surface area contributed by atoms with E-state index in [0.29, 0.717) is 0 Å². The Morgan fingerprint density at radius 2 is 1.62 bits per heavy atom. The first-order valence-corrected chi connectivity index (χ1v) is 8.11. The number of methoxy groups -OCH3 is 1. The normalized spacial score (nSPS) is 15.2. The summed E-state index contributed by atoms with van der Waals surface area (Å²) < 4.78 is 17.7. The first kappa shape index (κ1) is 15.7. The number of ether oxygens (including phenoxy) is 1. The van der Waals surface area contributed by atoms with E-state index in [4.69, 9.17) is 10.5 Å². The summed E-state index contributed by atoms with van der Waals surface area (Å²) in [6.07, 6.45) is 0. The van der Waals surface area contributed by atoms with Crippen LogP contribution < -0.4 is 10.5 Å². The fourth-order valence-electron chi connectivity index (χ4n) is 2.12. The molecule has 0 amide bonds. The number of hydrogen-bond donors (Lipinski definition) is 1. The lowest BCUT2D eigenvalue weighted by Gasteiger charge is -2.20. The van der Waals surface area contributed by atoms with E-state index in [1.54, 1.807) is 7.11 Å². The fraction of sp³-hybridized carbons (Fsp3) is 0.294. The second kappa shape index (κ2) is 6.87. The van der Waals surface area contributed by atoms with Crippen molar-refractivity contribution >= 4 is 10.8 Å². The minimum atomic E-state index is -1.13. The SMILES string of the molecule is COc1ccc(C(N)C(C)S(=O)c2ccc(C)cc2)cc1. The van der Waals surface area contributed by atoms with Gasteiger partial charge in [0.05, 0.1) is 23.2 Å². The van der Waals surface area contributed by atoms with Crippen LogP contribution in [0.2, 0.25) is 0 Å². The predicted molar refractivity (Wildman–Crippen MR) is 87.0 cm³/mol. The largest absolute Gasteiger partial charge is 0.497 e. The van der Waals surface area contributed by atoms with E-state index in [9.17, 15) is 4.21 Å². The van der Waals surface area contributed by atoms with Gasteiger partial charge >= 0.3 is 0 Å². The average molecular weight is 303 g/mol. The third kappa shape index (κ3) is 3.71. The molecule has 3 unspecified atom stereocenters. The molecular weight excluding hydrogens is 282 g/mol. The molecule has 0 saturated carbocycles. The zero-order valence-corrected chi connectivity index (χ0v) is 13.4. The van der Waals surface area contributed by atoms with Gasteiger partial charge < -0.3 is 10.5 Å². The molecular formula is C17H21NO2S. The van der Waals surface area contributed by atoms with E-state index >= 15 is 0 Å². The third-order valence-electron chi connectivity index (χ3n) is 3.60. The van der Waals surface area contributed by atoms with Crippen LogP contribution in [0.3, 0.4) is 0 Å². The van der Waals surface area contributed by atoms with Gasteiger partial charge in [-0.1, -0.05) is 29.8 Å². The van der Waals surface area contributed by atoms with E-state index in [0.717, 1.165) is 21.8 Å². The Morgan fingerprint density at radius 3 is 2.14 bits per heavy atom. The first-order valence-electron chi connectivity index (χ1n) is 6.89. The fourth-order valence-corrected chi connectivity index (χ4v) is 3.37. The summed E-state index contributed by atoms with van der Waals surface area (Å²) in [6.45, 7) is 3.93.